The molecule has 0 aromatic heterocycles. The molecule has 0 spiro atoms. The first-order chi connectivity index (χ1) is 9.46. The van der Waals surface area contributed by atoms with E-state index in [2.05, 4.69) is 21.2 Å². The summed E-state index contributed by atoms with van der Waals surface area (Å²) in [6.07, 6.45) is 0. The summed E-state index contributed by atoms with van der Waals surface area (Å²) in [6, 6.07) is 11.0. The first-order valence-corrected chi connectivity index (χ1v) is 6.85. The average Bonchev–Trinajstić information content (AvgIpc) is 2.44. The van der Waals surface area contributed by atoms with Gasteiger partial charge in [-0.15, -0.1) is 0 Å². The largest absolute Gasteiger partial charge is 0.394 e. The van der Waals surface area contributed by atoms with Gasteiger partial charge in [-0.2, -0.15) is 0 Å². The number of halogens is 3. The first-order valence-electron chi connectivity index (χ1n) is 6.05. The number of anilines is 1. The maximum atomic E-state index is 13.4. The Balaban J connectivity index is 2.38. The Hall–Kier alpha value is -1.46. The molecule has 2 N–H and O–H groups in total. The Kier molecular flexibility index (Phi) is 4.40. The van der Waals surface area contributed by atoms with Crippen LogP contribution in [0.25, 0.3) is 0 Å². The molecule has 1 unspecified atom stereocenters. The van der Waals surface area contributed by atoms with Gasteiger partial charge in [0.15, 0.2) is 11.6 Å². The SMILES string of the molecule is CC(CO)(Nc1ccccc1Br)c1ccc(F)c(F)c1. The molecule has 0 radical (unpaired) electrons. The van der Waals surface area contributed by atoms with Crippen molar-refractivity contribution in [2.75, 3.05) is 11.9 Å². The van der Waals surface area contributed by atoms with Gasteiger partial charge in [0, 0.05) is 10.2 Å². The van der Waals surface area contributed by atoms with E-state index in [1.807, 2.05) is 24.3 Å². The first kappa shape index (κ1) is 14.9. The van der Waals surface area contributed by atoms with Gasteiger partial charge < -0.3 is 10.4 Å². The third kappa shape index (κ3) is 2.99. The van der Waals surface area contributed by atoms with E-state index in [9.17, 15) is 13.9 Å². The third-order valence-electron chi connectivity index (χ3n) is 3.16. The maximum absolute atomic E-state index is 13.4. The lowest BCUT2D eigenvalue weighted by atomic mass is 9.92. The fraction of sp³-hybridized carbons (Fsp3) is 0.200. The average molecular weight is 342 g/mol. The smallest absolute Gasteiger partial charge is 0.159 e. The van der Waals surface area contributed by atoms with Crippen LogP contribution in [0.3, 0.4) is 0 Å². The van der Waals surface area contributed by atoms with Crippen molar-refractivity contribution < 1.29 is 13.9 Å². The van der Waals surface area contributed by atoms with Gasteiger partial charge in [-0.3, -0.25) is 0 Å². The Morgan fingerprint density at radius 3 is 2.45 bits per heavy atom. The highest BCUT2D eigenvalue weighted by atomic mass is 79.9. The van der Waals surface area contributed by atoms with Gasteiger partial charge in [0.1, 0.15) is 0 Å². The summed E-state index contributed by atoms with van der Waals surface area (Å²) in [6.45, 7) is 1.46. The predicted octanol–water partition coefficient (Wildman–Crippen LogP) is 4.05. The molecule has 0 aliphatic rings. The number of hydrogen-bond acceptors (Lipinski definition) is 2. The molecule has 5 heteroatoms. The molecule has 2 nitrogen and oxygen atoms in total. The number of hydrogen-bond donors (Lipinski definition) is 2. The fourth-order valence-electron chi connectivity index (χ4n) is 1.90. The Morgan fingerprint density at radius 2 is 1.85 bits per heavy atom. The number of aliphatic hydroxyl groups is 1. The van der Waals surface area contributed by atoms with Crippen LogP contribution < -0.4 is 5.32 Å². The van der Waals surface area contributed by atoms with Crippen molar-refractivity contribution in [2.45, 2.75) is 12.5 Å². The molecule has 0 heterocycles. The Morgan fingerprint density at radius 1 is 1.15 bits per heavy atom. The van der Waals surface area contributed by atoms with Crippen molar-refractivity contribution >= 4 is 21.6 Å². The number of para-hydroxylation sites is 1. The zero-order valence-electron chi connectivity index (χ0n) is 10.8. The number of aliphatic hydroxyl groups excluding tert-OH is 1. The van der Waals surface area contributed by atoms with Crippen LogP contribution in [-0.2, 0) is 5.54 Å². The quantitative estimate of drug-likeness (QED) is 0.879. The molecule has 106 valence electrons. The fourth-order valence-corrected chi connectivity index (χ4v) is 2.29. The van der Waals surface area contributed by atoms with Crippen molar-refractivity contribution in [3.05, 3.63) is 64.1 Å². The molecule has 2 aromatic carbocycles. The van der Waals surface area contributed by atoms with Crippen LogP contribution in [0, 0.1) is 11.6 Å². The molecule has 0 amide bonds. The van der Waals surface area contributed by atoms with E-state index in [4.69, 9.17) is 0 Å². The van der Waals surface area contributed by atoms with Crippen LogP contribution in [0.15, 0.2) is 46.9 Å². The van der Waals surface area contributed by atoms with E-state index < -0.39 is 17.2 Å². The lowest BCUT2D eigenvalue weighted by Crippen LogP contribution is -2.36. The lowest BCUT2D eigenvalue weighted by molar-refractivity contribution is 0.223. The second kappa shape index (κ2) is 5.89. The molecule has 0 aliphatic heterocycles. The highest BCUT2D eigenvalue weighted by Gasteiger charge is 2.27. The molecule has 2 rings (SSSR count). The maximum Gasteiger partial charge on any atom is 0.159 e. The third-order valence-corrected chi connectivity index (χ3v) is 3.85. The van der Waals surface area contributed by atoms with E-state index in [0.29, 0.717) is 5.56 Å². The van der Waals surface area contributed by atoms with Crippen LogP contribution in [-0.4, -0.2) is 11.7 Å². The predicted molar refractivity (Wildman–Crippen MR) is 78.6 cm³/mol. The molecule has 0 bridgehead atoms. The molecule has 2 aromatic rings. The summed E-state index contributed by atoms with van der Waals surface area (Å²) in [5, 5.41) is 12.8. The zero-order chi connectivity index (χ0) is 14.8. The molecule has 0 saturated heterocycles. The highest BCUT2D eigenvalue weighted by molar-refractivity contribution is 9.10. The number of nitrogens with one attached hydrogen (secondary N) is 1. The van der Waals surface area contributed by atoms with Gasteiger partial charge >= 0.3 is 0 Å². The minimum atomic E-state index is -0.934. The summed E-state index contributed by atoms with van der Waals surface area (Å²) >= 11 is 3.40. The van der Waals surface area contributed by atoms with Gasteiger partial charge in [0.05, 0.1) is 12.1 Å². The van der Waals surface area contributed by atoms with Crippen molar-refractivity contribution in [2.24, 2.45) is 0 Å². The Bertz CT molecular complexity index is 621. The zero-order valence-corrected chi connectivity index (χ0v) is 12.4. The minimum absolute atomic E-state index is 0.264. The summed E-state index contributed by atoms with van der Waals surface area (Å²) < 4.78 is 27.2. The van der Waals surface area contributed by atoms with Gasteiger partial charge in [0.25, 0.3) is 0 Å². The molecule has 0 aliphatic carbocycles. The Labute approximate surface area is 124 Å². The topological polar surface area (TPSA) is 32.3 Å². The van der Waals surface area contributed by atoms with Gasteiger partial charge in [-0.05, 0) is 52.7 Å². The van der Waals surface area contributed by atoms with Gasteiger partial charge in [-0.1, -0.05) is 18.2 Å². The lowest BCUT2D eigenvalue weighted by Gasteiger charge is -2.31. The molecule has 0 fully saturated rings. The molecule has 0 saturated carbocycles. The van der Waals surface area contributed by atoms with Crippen molar-refractivity contribution in [3.63, 3.8) is 0 Å². The van der Waals surface area contributed by atoms with Gasteiger partial charge in [-0.25, -0.2) is 8.78 Å². The molecular formula is C15H14BrF2NO. The van der Waals surface area contributed by atoms with Crippen LogP contribution in [0.4, 0.5) is 14.5 Å². The molecule has 1 atom stereocenters. The van der Waals surface area contributed by atoms with E-state index in [1.165, 1.54) is 6.07 Å². The summed E-state index contributed by atoms with van der Waals surface area (Å²) in [5.74, 6) is -1.84. The summed E-state index contributed by atoms with van der Waals surface area (Å²) in [5.41, 5.74) is 0.307. The second-order valence-electron chi connectivity index (χ2n) is 4.72. The summed E-state index contributed by atoms with van der Waals surface area (Å²) in [4.78, 5) is 0. The summed E-state index contributed by atoms with van der Waals surface area (Å²) in [7, 11) is 0. The highest BCUT2D eigenvalue weighted by Crippen LogP contribution is 2.30. The monoisotopic (exact) mass is 341 g/mol. The van der Waals surface area contributed by atoms with Crippen LogP contribution in [0.5, 0.6) is 0 Å². The van der Waals surface area contributed by atoms with Crippen LogP contribution in [0.2, 0.25) is 0 Å². The molecular weight excluding hydrogens is 328 g/mol. The van der Waals surface area contributed by atoms with Crippen molar-refractivity contribution in [1.29, 1.82) is 0 Å². The van der Waals surface area contributed by atoms with Gasteiger partial charge in [0.2, 0.25) is 0 Å². The van der Waals surface area contributed by atoms with Crippen molar-refractivity contribution in [1.82, 2.24) is 0 Å². The van der Waals surface area contributed by atoms with E-state index in [0.717, 1.165) is 22.3 Å². The van der Waals surface area contributed by atoms with E-state index in [1.54, 1.807) is 6.92 Å². The van der Waals surface area contributed by atoms with E-state index >= 15 is 0 Å². The normalized spacial score (nSPS) is 13.8. The van der Waals surface area contributed by atoms with E-state index in [-0.39, 0.29) is 6.61 Å². The number of rotatable bonds is 4. The standard InChI is InChI=1S/C15H14BrF2NO/c1-15(9-20,10-6-7-12(17)13(18)8-10)19-14-5-3-2-4-11(14)16/h2-8,19-20H,9H2,1H3. The molecule has 20 heavy (non-hydrogen) atoms. The van der Waals surface area contributed by atoms with Crippen LogP contribution in [0.1, 0.15) is 12.5 Å². The van der Waals surface area contributed by atoms with Crippen molar-refractivity contribution in [3.8, 4) is 0 Å². The minimum Gasteiger partial charge on any atom is -0.394 e. The number of benzene rings is 2. The van der Waals surface area contributed by atoms with Crippen LogP contribution >= 0.6 is 15.9 Å². The second-order valence-corrected chi connectivity index (χ2v) is 5.58.